The lowest BCUT2D eigenvalue weighted by Crippen LogP contribution is -2.28. The molecule has 0 N–H and O–H groups in total. The molecule has 2 aromatic rings. The van der Waals surface area contributed by atoms with E-state index in [1.807, 2.05) is 38.1 Å². The highest BCUT2D eigenvalue weighted by Crippen LogP contribution is 2.32. The van der Waals surface area contributed by atoms with Gasteiger partial charge in [0.25, 0.3) is 5.88 Å². The van der Waals surface area contributed by atoms with Crippen molar-refractivity contribution in [1.82, 2.24) is 14.9 Å². The molecule has 6 nitrogen and oxygen atoms in total. The summed E-state index contributed by atoms with van der Waals surface area (Å²) >= 11 is 0. The van der Waals surface area contributed by atoms with Crippen molar-refractivity contribution in [2.75, 3.05) is 26.3 Å². The predicted molar refractivity (Wildman–Crippen MR) is 115 cm³/mol. The molecule has 0 amide bonds. The standard InChI is InChI=1S/C20H25N3O3.CH4.H2S/c1-13-10-17(11-14(2)21-13)26-16-6-7-23(12-16)15(3)18-4-5-19-20(22-18)25-9-8-24-19;;/h4-5,10-11,15-16H,6-9,12H2,1-3H3;1H4;1H2/t15-,16-;;/m0../s1. The van der Waals surface area contributed by atoms with E-state index in [2.05, 4.69) is 21.8 Å². The number of fused-ring (bicyclic) bond motifs is 1. The molecule has 28 heavy (non-hydrogen) atoms. The molecular formula is C21H31N3O3S. The molecule has 0 aliphatic carbocycles. The average Bonchev–Trinajstić information content (AvgIpc) is 3.08. The molecule has 0 spiro atoms. The van der Waals surface area contributed by atoms with Gasteiger partial charge in [0, 0.05) is 42.7 Å². The minimum atomic E-state index is 0. The van der Waals surface area contributed by atoms with Crippen molar-refractivity contribution >= 4 is 13.5 Å². The zero-order chi connectivity index (χ0) is 18.1. The molecule has 1 saturated heterocycles. The predicted octanol–water partition coefficient (Wildman–Crippen LogP) is 3.83. The smallest absolute Gasteiger partial charge is 0.257 e. The van der Waals surface area contributed by atoms with E-state index in [-0.39, 0.29) is 33.1 Å². The van der Waals surface area contributed by atoms with Gasteiger partial charge in [-0.3, -0.25) is 9.88 Å². The Morgan fingerprint density at radius 3 is 2.57 bits per heavy atom. The maximum absolute atomic E-state index is 6.20. The molecule has 0 bridgehead atoms. The number of likely N-dealkylation sites (tertiary alicyclic amines) is 1. The van der Waals surface area contributed by atoms with Crippen molar-refractivity contribution in [1.29, 1.82) is 0 Å². The fraction of sp³-hybridized carbons (Fsp3) is 0.524. The Morgan fingerprint density at radius 1 is 1.11 bits per heavy atom. The molecular weight excluding hydrogens is 374 g/mol. The molecule has 2 aliphatic rings. The van der Waals surface area contributed by atoms with Crippen LogP contribution in [-0.2, 0) is 0 Å². The van der Waals surface area contributed by atoms with Crippen LogP contribution in [0.5, 0.6) is 17.4 Å². The number of rotatable bonds is 4. The highest BCUT2D eigenvalue weighted by Gasteiger charge is 2.29. The fourth-order valence-corrected chi connectivity index (χ4v) is 3.62. The van der Waals surface area contributed by atoms with Crippen LogP contribution < -0.4 is 14.2 Å². The van der Waals surface area contributed by atoms with Crippen molar-refractivity contribution in [3.05, 3.63) is 41.3 Å². The minimum Gasteiger partial charge on any atom is -0.489 e. The van der Waals surface area contributed by atoms with Crippen molar-refractivity contribution in [2.24, 2.45) is 0 Å². The van der Waals surface area contributed by atoms with E-state index in [1.54, 1.807) is 0 Å². The van der Waals surface area contributed by atoms with Gasteiger partial charge in [0.2, 0.25) is 0 Å². The number of nitrogens with zero attached hydrogens (tertiary/aromatic N) is 3. The zero-order valence-corrected chi connectivity index (χ0v) is 17.1. The molecule has 4 heterocycles. The van der Waals surface area contributed by atoms with Crippen LogP contribution in [0.15, 0.2) is 24.3 Å². The summed E-state index contributed by atoms with van der Waals surface area (Å²) in [6, 6.07) is 8.20. The molecule has 154 valence electrons. The van der Waals surface area contributed by atoms with Gasteiger partial charge in [0.15, 0.2) is 5.75 Å². The van der Waals surface area contributed by atoms with Crippen molar-refractivity contribution < 1.29 is 14.2 Å². The van der Waals surface area contributed by atoms with Crippen molar-refractivity contribution in [2.45, 2.75) is 46.8 Å². The third-order valence-electron chi connectivity index (χ3n) is 4.94. The van der Waals surface area contributed by atoms with Crippen LogP contribution in [0.4, 0.5) is 0 Å². The summed E-state index contributed by atoms with van der Waals surface area (Å²) < 4.78 is 17.4. The Bertz CT molecular complexity index is 782. The van der Waals surface area contributed by atoms with Crippen LogP contribution in [0.1, 0.15) is 43.9 Å². The normalized spacial score (nSPS) is 19.3. The molecule has 7 heteroatoms. The van der Waals surface area contributed by atoms with Crippen LogP contribution in [0.3, 0.4) is 0 Å². The van der Waals surface area contributed by atoms with Crippen LogP contribution in [0.25, 0.3) is 0 Å². The second-order valence-corrected chi connectivity index (χ2v) is 7.02. The topological polar surface area (TPSA) is 56.7 Å². The fourth-order valence-electron chi connectivity index (χ4n) is 3.62. The van der Waals surface area contributed by atoms with E-state index in [9.17, 15) is 0 Å². The quantitative estimate of drug-likeness (QED) is 0.771. The number of hydrogen-bond donors (Lipinski definition) is 0. The van der Waals surface area contributed by atoms with E-state index in [0.717, 1.165) is 48.1 Å². The molecule has 2 atom stereocenters. The van der Waals surface area contributed by atoms with Crippen LogP contribution in [0, 0.1) is 13.8 Å². The van der Waals surface area contributed by atoms with Gasteiger partial charge in [-0.25, -0.2) is 4.98 Å². The lowest BCUT2D eigenvalue weighted by Gasteiger charge is -2.25. The van der Waals surface area contributed by atoms with Crippen LogP contribution in [-0.4, -0.2) is 47.3 Å². The van der Waals surface area contributed by atoms with E-state index < -0.39 is 0 Å². The summed E-state index contributed by atoms with van der Waals surface area (Å²) in [5.74, 6) is 2.25. The van der Waals surface area contributed by atoms with Gasteiger partial charge in [-0.15, -0.1) is 0 Å². The summed E-state index contributed by atoms with van der Waals surface area (Å²) in [5, 5.41) is 0. The molecule has 0 radical (unpaired) electrons. The largest absolute Gasteiger partial charge is 0.489 e. The van der Waals surface area contributed by atoms with E-state index in [1.165, 1.54) is 0 Å². The third-order valence-corrected chi connectivity index (χ3v) is 4.94. The highest BCUT2D eigenvalue weighted by molar-refractivity contribution is 7.59. The van der Waals surface area contributed by atoms with Crippen molar-refractivity contribution in [3.63, 3.8) is 0 Å². The Hall–Kier alpha value is -1.99. The summed E-state index contributed by atoms with van der Waals surface area (Å²) in [7, 11) is 0. The molecule has 1 fully saturated rings. The Kier molecular flexibility index (Phi) is 7.55. The molecule has 0 saturated carbocycles. The Labute approximate surface area is 174 Å². The van der Waals surface area contributed by atoms with E-state index in [4.69, 9.17) is 14.2 Å². The van der Waals surface area contributed by atoms with Gasteiger partial charge >= 0.3 is 0 Å². The molecule has 0 unspecified atom stereocenters. The maximum atomic E-state index is 6.20. The van der Waals surface area contributed by atoms with E-state index >= 15 is 0 Å². The SMILES string of the molecule is C.Cc1cc(O[C@H]2CCN([C@@H](C)c3ccc4c(n3)OCCO4)C2)cc(C)n1.S. The summed E-state index contributed by atoms with van der Waals surface area (Å²) in [4.78, 5) is 11.5. The zero-order valence-electron chi connectivity index (χ0n) is 16.1. The first-order valence-electron chi connectivity index (χ1n) is 9.21. The summed E-state index contributed by atoms with van der Waals surface area (Å²) in [5.41, 5.74) is 2.98. The molecule has 0 aromatic carbocycles. The lowest BCUT2D eigenvalue weighted by molar-refractivity contribution is 0.160. The van der Waals surface area contributed by atoms with Crippen LogP contribution in [0.2, 0.25) is 0 Å². The van der Waals surface area contributed by atoms with Crippen molar-refractivity contribution in [3.8, 4) is 17.4 Å². The highest BCUT2D eigenvalue weighted by atomic mass is 32.1. The lowest BCUT2D eigenvalue weighted by atomic mass is 10.2. The number of aromatic nitrogens is 2. The second-order valence-electron chi connectivity index (χ2n) is 7.02. The number of hydrogen-bond acceptors (Lipinski definition) is 6. The Morgan fingerprint density at radius 2 is 1.82 bits per heavy atom. The number of aryl methyl sites for hydroxylation is 2. The van der Waals surface area contributed by atoms with Gasteiger partial charge in [-0.1, -0.05) is 7.43 Å². The van der Waals surface area contributed by atoms with Gasteiger partial charge in [-0.05, 0) is 39.3 Å². The number of ether oxygens (including phenoxy) is 3. The minimum absolute atomic E-state index is 0. The first-order valence-corrected chi connectivity index (χ1v) is 9.21. The summed E-state index contributed by atoms with van der Waals surface area (Å²) in [6.07, 6.45) is 1.20. The maximum Gasteiger partial charge on any atom is 0.257 e. The molecule has 2 aromatic heterocycles. The van der Waals surface area contributed by atoms with Gasteiger partial charge in [0.05, 0.1) is 5.69 Å². The monoisotopic (exact) mass is 405 g/mol. The Balaban J connectivity index is 0.00000140. The van der Waals surface area contributed by atoms with Gasteiger partial charge in [0.1, 0.15) is 25.1 Å². The summed E-state index contributed by atoms with van der Waals surface area (Å²) in [6.45, 7) is 9.20. The van der Waals surface area contributed by atoms with Crippen LogP contribution >= 0.6 is 13.5 Å². The number of pyridine rings is 2. The second kappa shape index (κ2) is 9.47. The first-order chi connectivity index (χ1) is 12.6. The molecule has 2 aliphatic heterocycles. The molecule has 4 rings (SSSR count). The van der Waals surface area contributed by atoms with Gasteiger partial charge < -0.3 is 14.2 Å². The van der Waals surface area contributed by atoms with E-state index in [0.29, 0.717) is 19.1 Å². The first kappa shape index (κ1) is 22.3. The third kappa shape index (κ3) is 4.89. The van der Waals surface area contributed by atoms with Gasteiger partial charge in [-0.2, -0.15) is 13.5 Å². The average molecular weight is 406 g/mol.